The third-order valence-corrected chi connectivity index (χ3v) is 1.17. The zero-order chi connectivity index (χ0) is 8.20. The van der Waals surface area contributed by atoms with Crippen LogP contribution in [0.3, 0.4) is 0 Å². The summed E-state index contributed by atoms with van der Waals surface area (Å²) in [4.78, 5) is 1.89. The molecule has 0 amide bonds. The second-order valence-electron chi connectivity index (χ2n) is 2.95. The van der Waals surface area contributed by atoms with Crippen LogP contribution in [0.25, 0.3) is 0 Å². The van der Waals surface area contributed by atoms with E-state index in [2.05, 4.69) is 6.92 Å². The van der Waals surface area contributed by atoms with Gasteiger partial charge in [-0.1, -0.05) is 6.92 Å². The van der Waals surface area contributed by atoms with E-state index in [0.29, 0.717) is 6.54 Å². The van der Waals surface area contributed by atoms with Crippen LogP contribution < -0.4 is 0 Å². The summed E-state index contributed by atoms with van der Waals surface area (Å²) in [7, 11) is 1.87. The Morgan fingerprint density at radius 3 is 2.20 bits per heavy atom. The van der Waals surface area contributed by atoms with Crippen molar-refractivity contribution in [2.24, 2.45) is 0 Å². The summed E-state index contributed by atoms with van der Waals surface area (Å²) in [5.41, 5.74) is 0. The predicted molar refractivity (Wildman–Crippen MR) is 40.6 cm³/mol. The van der Waals surface area contributed by atoms with E-state index in [0.717, 1.165) is 13.0 Å². The molecule has 0 aromatic heterocycles. The summed E-state index contributed by atoms with van der Waals surface area (Å²) >= 11 is 0. The minimum absolute atomic E-state index is 0.306. The monoisotopic (exact) mass is 147 g/mol. The topological polar surface area (TPSA) is 43.7 Å². The molecule has 2 N–H and O–H groups in total. The zero-order valence-electron chi connectivity index (χ0n) is 6.96. The molecule has 0 spiro atoms. The standard InChI is InChI=1S/C7H17NO2/c1-4-5-8(3)6-7(2,9)10/h9-10H,4-6H2,1-3H3. The van der Waals surface area contributed by atoms with Gasteiger partial charge in [-0.05, 0) is 26.9 Å². The van der Waals surface area contributed by atoms with E-state index in [1.807, 2.05) is 11.9 Å². The van der Waals surface area contributed by atoms with Gasteiger partial charge in [0.05, 0.1) is 6.54 Å². The minimum atomic E-state index is -1.55. The number of hydrogen-bond acceptors (Lipinski definition) is 3. The second kappa shape index (κ2) is 3.91. The molecule has 0 aromatic carbocycles. The van der Waals surface area contributed by atoms with Crippen molar-refractivity contribution in [2.45, 2.75) is 26.1 Å². The fourth-order valence-corrected chi connectivity index (χ4v) is 0.972. The predicted octanol–water partition coefficient (Wildman–Crippen LogP) is 0.0290. The maximum absolute atomic E-state index is 8.93. The van der Waals surface area contributed by atoms with Gasteiger partial charge in [-0.15, -0.1) is 0 Å². The van der Waals surface area contributed by atoms with Crippen molar-refractivity contribution in [1.82, 2.24) is 4.90 Å². The number of hydrogen-bond donors (Lipinski definition) is 2. The van der Waals surface area contributed by atoms with E-state index in [1.54, 1.807) is 0 Å². The van der Waals surface area contributed by atoms with Gasteiger partial charge in [-0.2, -0.15) is 0 Å². The molecular formula is C7H17NO2. The summed E-state index contributed by atoms with van der Waals surface area (Å²) in [6.45, 7) is 4.65. The number of likely N-dealkylation sites (N-methyl/N-ethyl adjacent to an activating group) is 1. The van der Waals surface area contributed by atoms with Crippen LogP contribution in [0.1, 0.15) is 20.3 Å². The molecule has 0 heterocycles. The molecule has 0 radical (unpaired) electrons. The zero-order valence-corrected chi connectivity index (χ0v) is 6.96. The Labute approximate surface area is 62.3 Å². The molecule has 3 heteroatoms. The van der Waals surface area contributed by atoms with Crippen LogP contribution in [0.2, 0.25) is 0 Å². The van der Waals surface area contributed by atoms with Gasteiger partial charge in [0.25, 0.3) is 0 Å². The third kappa shape index (κ3) is 6.01. The molecule has 10 heavy (non-hydrogen) atoms. The van der Waals surface area contributed by atoms with Gasteiger partial charge in [0, 0.05) is 0 Å². The van der Waals surface area contributed by atoms with Crippen LogP contribution in [0, 0.1) is 0 Å². The Morgan fingerprint density at radius 2 is 1.90 bits per heavy atom. The molecule has 0 atom stereocenters. The lowest BCUT2D eigenvalue weighted by Gasteiger charge is -2.23. The van der Waals surface area contributed by atoms with Gasteiger partial charge in [0.15, 0.2) is 5.79 Å². The number of nitrogens with zero attached hydrogens (tertiary/aromatic N) is 1. The first kappa shape index (κ1) is 9.88. The van der Waals surface area contributed by atoms with E-state index in [4.69, 9.17) is 10.2 Å². The number of aliphatic hydroxyl groups is 2. The first-order valence-corrected chi connectivity index (χ1v) is 3.59. The summed E-state index contributed by atoms with van der Waals surface area (Å²) in [5.74, 6) is -1.55. The molecule has 62 valence electrons. The molecular weight excluding hydrogens is 130 g/mol. The lowest BCUT2D eigenvalue weighted by atomic mass is 10.3. The lowest BCUT2D eigenvalue weighted by molar-refractivity contribution is -0.156. The van der Waals surface area contributed by atoms with Crippen LogP contribution >= 0.6 is 0 Å². The van der Waals surface area contributed by atoms with Gasteiger partial charge in [-0.3, -0.25) is 0 Å². The first-order chi connectivity index (χ1) is 4.45. The van der Waals surface area contributed by atoms with Gasteiger partial charge in [0.2, 0.25) is 0 Å². The molecule has 3 nitrogen and oxygen atoms in total. The highest BCUT2D eigenvalue weighted by molar-refractivity contribution is 4.61. The van der Waals surface area contributed by atoms with Crippen molar-refractivity contribution in [3.63, 3.8) is 0 Å². The maximum Gasteiger partial charge on any atom is 0.172 e. The molecule has 0 aromatic rings. The minimum Gasteiger partial charge on any atom is -0.365 e. The largest absolute Gasteiger partial charge is 0.365 e. The van der Waals surface area contributed by atoms with Crippen molar-refractivity contribution in [3.05, 3.63) is 0 Å². The highest BCUT2D eigenvalue weighted by atomic mass is 16.5. The Morgan fingerprint density at radius 1 is 1.40 bits per heavy atom. The van der Waals surface area contributed by atoms with E-state index >= 15 is 0 Å². The first-order valence-electron chi connectivity index (χ1n) is 3.59. The molecule has 0 aliphatic rings. The smallest absolute Gasteiger partial charge is 0.172 e. The molecule has 0 aliphatic heterocycles. The van der Waals surface area contributed by atoms with Crippen molar-refractivity contribution in [2.75, 3.05) is 20.1 Å². The molecule has 0 aliphatic carbocycles. The van der Waals surface area contributed by atoms with Crippen LogP contribution in [0.4, 0.5) is 0 Å². The maximum atomic E-state index is 8.93. The van der Waals surface area contributed by atoms with Crippen LogP contribution in [-0.4, -0.2) is 41.0 Å². The highest BCUT2D eigenvalue weighted by Gasteiger charge is 2.16. The quantitative estimate of drug-likeness (QED) is 0.551. The van der Waals surface area contributed by atoms with Crippen molar-refractivity contribution in [1.29, 1.82) is 0 Å². The van der Waals surface area contributed by atoms with Crippen LogP contribution in [0.5, 0.6) is 0 Å². The van der Waals surface area contributed by atoms with Gasteiger partial charge >= 0.3 is 0 Å². The van der Waals surface area contributed by atoms with E-state index in [-0.39, 0.29) is 0 Å². The lowest BCUT2D eigenvalue weighted by Crippen LogP contribution is -2.38. The van der Waals surface area contributed by atoms with Crippen molar-refractivity contribution < 1.29 is 10.2 Å². The van der Waals surface area contributed by atoms with Crippen molar-refractivity contribution in [3.8, 4) is 0 Å². The fraction of sp³-hybridized carbons (Fsp3) is 1.00. The molecule has 0 saturated carbocycles. The average molecular weight is 147 g/mol. The molecule has 0 rings (SSSR count). The average Bonchev–Trinajstić information content (AvgIpc) is 1.59. The Balaban J connectivity index is 3.47. The fourth-order valence-electron chi connectivity index (χ4n) is 0.972. The van der Waals surface area contributed by atoms with Gasteiger partial charge in [-0.25, -0.2) is 0 Å². The molecule has 0 fully saturated rings. The summed E-state index contributed by atoms with van der Waals surface area (Å²) in [6.07, 6.45) is 1.03. The van der Waals surface area contributed by atoms with E-state index < -0.39 is 5.79 Å². The van der Waals surface area contributed by atoms with E-state index in [1.165, 1.54) is 6.92 Å². The van der Waals surface area contributed by atoms with Gasteiger partial charge in [0.1, 0.15) is 0 Å². The summed E-state index contributed by atoms with van der Waals surface area (Å²) in [6, 6.07) is 0. The Kier molecular flexibility index (Phi) is 3.86. The molecule has 0 saturated heterocycles. The Bertz CT molecular complexity index is 88.1. The summed E-state index contributed by atoms with van der Waals surface area (Å²) in [5, 5.41) is 17.9. The van der Waals surface area contributed by atoms with Crippen molar-refractivity contribution >= 4 is 0 Å². The Hall–Kier alpha value is -0.120. The molecule has 0 bridgehead atoms. The van der Waals surface area contributed by atoms with Crippen LogP contribution in [-0.2, 0) is 0 Å². The number of rotatable bonds is 4. The van der Waals surface area contributed by atoms with Gasteiger partial charge < -0.3 is 15.1 Å². The third-order valence-electron chi connectivity index (χ3n) is 1.17. The summed E-state index contributed by atoms with van der Waals surface area (Å²) < 4.78 is 0. The van der Waals surface area contributed by atoms with E-state index in [9.17, 15) is 0 Å². The normalized spacial score (nSPS) is 12.6. The second-order valence-corrected chi connectivity index (χ2v) is 2.95. The highest BCUT2D eigenvalue weighted by Crippen LogP contribution is 1.99. The van der Waals surface area contributed by atoms with Crippen LogP contribution in [0.15, 0.2) is 0 Å². The SMILES string of the molecule is CCCN(C)CC(C)(O)O. The molecule has 0 unspecified atom stereocenters.